The van der Waals surface area contributed by atoms with Gasteiger partial charge in [0.15, 0.2) is 8.46 Å². The predicted octanol–water partition coefficient (Wildman–Crippen LogP) is 1.23. The van der Waals surface area contributed by atoms with Gasteiger partial charge in [-0.3, -0.25) is 9.36 Å². The molecule has 0 aliphatic rings. The lowest BCUT2D eigenvalue weighted by Gasteiger charge is -1.95. The monoisotopic (exact) mass is 148 g/mol. The zero-order chi connectivity index (χ0) is 7.11. The molecule has 0 fully saturated rings. The zero-order valence-corrected chi connectivity index (χ0v) is 6.19. The number of ether oxygens (including phenoxy) is 1. The predicted molar refractivity (Wildman–Crippen MR) is 33.7 cm³/mol. The molecule has 0 aliphatic heterocycles. The first kappa shape index (κ1) is 8.57. The fourth-order valence-electron chi connectivity index (χ4n) is 0.370. The molecule has 0 bridgehead atoms. The largest absolute Gasteiger partial charge is 0.466 e. The van der Waals surface area contributed by atoms with Crippen LogP contribution in [0, 0.1) is 0 Å². The average molecular weight is 148 g/mol. The van der Waals surface area contributed by atoms with Gasteiger partial charge in [0.2, 0.25) is 0 Å². The third kappa shape index (κ3) is 5.44. The highest BCUT2D eigenvalue weighted by Crippen LogP contribution is 1.96. The van der Waals surface area contributed by atoms with E-state index in [0.29, 0.717) is 12.8 Å². The average Bonchev–Trinajstić information content (AvgIpc) is 1.85. The fourth-order valence-corrected chi connectivity index (χ4v) is 0.644. The quantitative estimate of drug-likeness (QED) is 0.444. The molecule has 0 N–H and O–H groups in total. The third-order valence-corrected chi connectivity index (χ3v) is 1.12. The van der Waals surface area contributed by atoms with Gasteiger partial charge < -0.3 is 4.74 Å². The Hall–Kier alpha value is -0.430. The van der Waals surface area contributed by atoms with Crippen molar-refractivity contribution in [2.75, 3.05) is 12.8 Å². The maximum Gasteiger partial charge on any atom is 0.306 e. The van der Waals surface area contributed by atoms with Crippen LogP contribution in [0.1, 0.15) is 13.3 Å². The van der Waals surface area contributed by atoms with Gasteiger partial charge in [0, 0.05) is 6.16 Å². The molecule has 0 aromatic heterocycles. The van der Waals surface area contributed by atoms with Crippen molar-refractivity contribution in [3.63, 3.8) is 0 Å². The van der Waals surface area contributed by atoms with Gasteiger partial charge in [0.05, 0.1) is 13.0 Å². The van der Waals surface area contributed by atoms with Crippen LogP contribution in [0.5, 0.6) is 0 Å². The topological polar surface area (TPSA) is 43.4 Å². The van der Waals surface area contributed by atoms with Crippen molar-refractivity contribution in [3.8, 4) is 0 Å². The Balaban J connectivity index is 3.16. The van der Waals surface area contributed by atoms with E-state index < -0.39 is 0 Å². The molecule has 9 heavy (non-hydrogen) atoms. The Labute approximate surface area is 55.6 Å². The van der Waals surface area contributed by atoms with Crippen LogP contribution in [-0.4, -0.2) is 18.7 Å². The maximum atomic E-state index is 10.4. The number of carbonyl (C=O) groups is 1. The molecule has 52 valence electrons. The summed E-state index contributed by atoms with van der Waals surface area (Å²) < 4.78 is 14.4. The Morgan fingerprint density at radius 3 is 2.78 bits per heavy atom. The van der Waals surface area contributed by atoms with Gasteiger partial charge in [0.1, 0.15) is 0 Å². The molecule has 3 nitrogen and oxygen atoms in total. The van der Waals surface area contributed by atoms with Crippen molar-refractivity contribution < 1.29 is 14.1 Å². The summed E-state index contributed by atoms with van der Waals surface area (Å²) in [5.74, 6) is -0.277. The van der Waals surface area contributed by atoms with Crippen molar-refractivity contribution >= 4 is 14.4 Å². The minimum atomic E-state index is -0.277. The first-order valence-corrected chi connectivity index (χ1v) is 3.75. The van der Waals surface area contributed by atoms with Gasteiger partial charge in [-0.1, -0.05) is 0 Å². The molecular formula is C5H9O3P. The lowest BCUT2D eigenvalue weighted by atomic mass is 10.5. The van der Waals surface area contributed by atoms with Crippen molar-refractivity contribution in [2.45, 2.75) is 13.3 Å². The molecule has 0 aromatic rings. The van der Waals surface area contributed by atoms with E-state index in [9.17, 15) is 9.36 Å². The van der Waals surface area contributed by atoms with Crippen LogP contribution >= 0.6 is 8.46 Å². The SMILES string of the molecule is CCOC(=O)CCP=O. The molecule has 0 amide bonds. The summed E-state index contributed by atoms with van der Waals surface area (Å²) in [6.45, 7) is 2.14. The van der Waals surface area contributed by atoms with E-state index in [0.717, 1.165) is 0 Å². The van der Waals surface area contributed by atoms with Gasteiger partial charge in [0.25, 0.3) is 0 Å². The molecule has 0 radical (unpaired) electrons. The van der Waals surface area contributed by atoms with Crippen LogP contribution in [-0.2, 0) is 14.1 Å². The van der Waals surface area contributed by atoms with E-state index in [1.807, 2.05) is 0 Å². The minimum absolute atomic E-state index is 0.00458. The number of hydrogen-bond donors (Lipinski definition) is 0. The highest BCUT2D eigenvalue weighted by Gasteiger charge is 1.98. The van der Waals surface area contributed by atoms with Gasteiger partial charge in [-0.25, -0.2) is 0 Å². The van der Waals surface area contributed by atoms with Gasteiger partial charge in [-0.2, -0.15) is 0 Å². The van der Waals surface area contributed by atoms with E-state index in [1.54, 1.807) is 6.92 Å². The second kappa shape index (κ2) is 5.70. The van der Waals surface area contributed by atoms with Crippen LogP contribution < -0.4 is 0 Å². The molecule has 0 aliphatic carbocycles. The molecule has 4 heteroatoms. The minimum Gasteiger partial charge on any atom is -0.466 e. The molecule has 0 saturated carbocycles. The highest BCUT2D eigenvalue weighted by molar-refractivity contribution is 7.23. The number of carbonyl (C=O) groups excluding carboxylic acids is 1. The third-order valence-electron chi connectivity index (χ3n) is 0.713. The van der Waals surface area contributed by atoms with E-state index in [2.05, 4.69) is 4.74 Å². The maximum absolute atomic E-state index is 10.4. The standard InChI is InChI=1S/C5H9O3P/c1-2-8-5(6)3-4-9-7/h2-4H2,1H3. The van der Waals surface area contributed by atoms with Crippen molar-refractivity contribution in [1.82, 2.24) is 0 Å². The van der Waals surface area contributed by atoms with Crippen LogP contribution in [0.25, 0.3) is 0 Å². The first-order valence-electron chi connectivity index (χ1n) is 2.76. The molecule has 0 heterocycles. The molecule has 0 atom stereocenters. The molecule has 0 aromatic carbocycles. The van der Waals surface area contributed by atoms with Crippen LogP contribution in [0.4, 0.5) is 0 Å². The Kier molecular flexibility index (Phi) is 5.43. The highest BCUT2D eigenvalue weighted by atomic mass is 31.1. The molecule has 0 saturated heterocycles. The van der Waals surface area contributed by atoms with Crippen LogP contribution in [0.15, 0.2) is 0 Å². The lowest BCUT2D eigenvalue weighted by Crippen LogP contribution is -2.03. The molecule has 0 spiro atoms. The normalized spacial score (nSPS) is 9.44. The van der Waals surface area contributed by atoms with Crippen molar-refractivity contribution in [3.05, 3.63) is 0 Å². The summed E-state index contributed by atoms with van der Waals surface area (Å²) in [6, 6.07) is 0. The Morgan fingerprint density at radius 2 is 2.33 bits per heavy atom. The van der Waals surface area contributed by atoms with E-state index in [-0.39, 0.29) is 20.9 Å². The molecule has 0 unspecified atom stereocenters. The summed E-state index contributed by atoms with van der Waals surface area (Å²) >= 11 is 0. The zero-order valence-electron chi connectivity index (χ0n) is 5.29. The van der Waals surface area contributed by atoms with E-state index in [4.69, 9.17) is 0 Å². The van der Waals surface area contributed by atoms with Crippen LogP contribution in [0.2, 0.25) is 0 Å². The summed E-state index contributed by atoms with van der Waals surface area (Å²) in [5.41, 5.74) is 0. The van der Waals surface area contributed by atoms with Gasteiger partial charge in [-0.15, -0.1) is 0 Å². The van der Waals surface area contributed by atoms with E-state index in [1.165, 1.54) is 0 Å². The summed E-state index contributed by atoms with van der Waals surface area (Å²) in [5, 5.41) is 0. The Morgan fingerprint density at radius 1 is 1.67 bits per heavy atom. The van der Waals surface area contributed by atoms with Crippen LogP contribution in [0.3, 0.4) is 0 Å². The van der Waals surface area contributed by atoms with Gasteiger partial charge >= 0.3 is 5.97 Å². The smallest absolute Gasteiger partial charge is 0.306 e. The van der Waals surface area contributed by atoms with Crippen molar-refractivity contribution in [1.29, 1.82) is 0 Å². The Bertz CT molecular complexity index is 102. The molecular weight excluding hydrogens is 139 g/mol. The van der Waals surface area contributed by atoms with Gasteiger partial charge in [-0.05, 0) is 6.92 Å². The lowest BCUT2D eigenvalue weighted by molar-refractivity contribution is -0.142. The van der Waals surface area contributed by atoms with Crippen molar-refractivity contribution in [2.24, 2.45) is 0 Å². The fraction of sp³-hybridized carbons (Fsp3) is 0.800. The number of hydrogen-bond acceptors (Lipinski definition) is 3. The second-order valence-corrected chi connectivity index (χ2v) is 2.11. The number of rotatable bonds is 4. The number of esters is 1. The van der Waals surface area contributed by atoms with E-state index >= 15 is 0 Å². The summed E-state index contributed by atoms with van der Waals surface area (Å²) in [7, 11) is 0.00458. The summed E-state index contributed by atoms with van der Waals surface area (Å²) in [4.78, 5) is 10.4. The molecule has 0 rings (SSSR count). The first-order chi connectivity index (χ1) is 4.31. The summed E-state index contributed by atoms with van der Waals surface area (Å²) in [6.07, 6.45) is 0.609. The second-order valence-electron chi connectivity index (χ2n) is 1.41.